The van der Waals surface area contributed by atoms with E-state index in [-0.39, 0.29) is 0 Å². The largest absolute Gasteiger partial charge is 0.456 e. The zero-order chi connectivity index (χ0) is 39.1. The van der Waals surface area contributed by atoms with Gasteiger partial charge < -0.3 is 4.42 Å². The quantitative estimate of drug-likeness (QED) is 0.163. The number of nitrogens with zero attached hydrogens (tertiary/aromatic N) is 3. The minimum Gasteiger partial charge on any atom is -0.456 e. The summed E-state index contributed by atoms with van der Waals surface area (Å²) in [5, 5.41) is 4.37. The summed E-state index contributed by atoms with van der Waals surface area (Å²) in [5.41, 5.74) is 13.6. The summed E-state index contributed by atoms with van der Waals surface area (Å²) < 4.78 is 6.54. The summed E-state index contributed by atoms with van der Waals surface area (Å²) >= 11 is 0. The second kappa shape index (κ2) is 14.5. The molecule has 0 unspecified atom stereocenters. The van der Waals surface area contributed by atoms with Crippen molar-refractivity contribution in [2.45, 2.75) is 0 Å². The Hall–Kier alpha value is -7.95. The standard InChI is InChI=1S/C55H35N3O/c1-4-15-36(16-5-1)39-21-10-23-41(33-39)44-25-12-28-47-45(26-13-27-46(44)47)42-31-32-50-49(35-42)52-48(29-14-30-51(52)59-50)55-57-53(38-19-8-3-9-20-38)56-54(58-55)43-24-11-22-40(34-43)37-17-6-2-7-18-37/h1-35H. The maximum Gasteiger partial charge on any atom is 0.164 e. The highest BCUT2D eigenvalue weighted by atomic mass is 16.3. The van der Waals surface area contributed by atoms with Gasteiger partial charge in [0.2, 0.25) is 0 Å². The predicted molar refractivity (Wildman–Crippen MR) is 243 cm³/mol. The summed E-state index contributed by atoms with van der Waals surface area (Å²) in [6.07, 6.45) is 0. The Morgan fingerprint density at radius 3 is 1.36 bits per heavy atom. The van der Waals surface area contributed by atoms with Gasteiger partial charge >= 0.3 is 0 Å². The van der Waals surface area contributed by atoms with Crippen molar-refractivity contribution in [1.82, 2.24) is 15.0 Å². The fourth-order valence-corrected chi connectivity index (χ4v) is 8.30. The third-order valence-corrected chi connectivity index (χ3v) is 11.1. The van der Waals surface area contributed by atoms with Gasteiger partial charge in [-0.1, -0.05) is 182 Å². The van der Waals surface area contributed by atoms with Crippen LogP contribution in [-0.2, 0) is 0 Å². The molecular formula is C55H35N3O. The van der Waals surface area contributed by atoms with Crippen LogP contribution in [-0.4, -0.2) is 15.0 Å². The van der Waals surface area contributed by atoms with Crippen molar-refractivity contribution in [1.29, 1.82) is 0 Å². The normalized spacial score (nSPS) is 11.4. The molecule has 4 nitrogen and oxygen atoms in total. The maximum atomic E-state index is 6.54. The zero-order valence-corrected chi connectivity index (χ0v) is 32.0. The molecule has 0 amide bonds. The second-order valence-corrected chi connectivity index (χ2v) is 14.8. The molecule has 0 saturated carbocycles. The van der Waals surface area contributed by atoms with Crippen molar-refractivity contribution in [2.75, 3.05) is 0 Å². The Bertz CT molecular complexity index is 3320. The van der Waals surface area contributed by atoms with Crippen LogP contribution in [0.5, 0.6) is 0 Å². The fourth-order valence-electron chi connectivity index (χ4n) is 8.30. The predicted octanol–water partition coefficient (Wildman–Crippen LogP) is 14.6. The summed E-state index contributed by atoms with van der Waals surface area (Å²) in [7, 11) is 0. The van der Waals surface area contributed by atoms with E-state index in [1.165, 1.54) is 33.0 Å². The molecule has 0 aliphatic carbocycles. The lowest BCUT2D eigenvalue weighted by molar-refractivity contribution is 0.669. The van der Waals surface area contributed by atoms with Crippen molar-refractivity contribution in [3.63, 3.8) is 0 Å². The van der Waals surface area contributed by atoms with Crippen LogP contribution in [0.1, 0.15) is 0 Å². The summed E-state index contributed by atoms with van der Waals surface area (Å²) in [5.74, 6) is 1.81. The third-order valence-electron chi connectivity index (χ3n) is 11.1. The lowest BCUT2D eigenvalue weighted by atomic mass is 9.91. The molecule has 2 aromatic heterocycles. The first-order chi connectivity index (χ1) is 29.2. The molecule has 9 aromatic carbocycles. The molecular weight excluding hydrogens is 719 g/mol. The van der Waals surface area contributed by atoms with E-state index in [1.807, 2.05) is 48.5 Å². The van der Waals surface area contributed by atoms with Gasteiger partial charge in [-0.25, -0.2) is 15.0 Å². The molecule has 0 saturated heterocycles. The van der Waals surface area contributed by atoms with Gasteiger partial charge in [0.1, 0.15) is 11.2 Å². The second-order valence-electron chi connectivity index (χ2n) is 14.8. The molecule has 0 radical (unpaired) electrons. The Morgan fingerprint density at radius 1 is 0.254 bits per heavy atom. The highest BCUT2D eigenvalue weighted by Crippen LogP contribution is 2.41. The fraction of sp³-hybridized carbons (Fsp3) is 0. The van der Waals surface area contributed by atoms with E-state index in [1.54, 1.807) is 0 Å². The Balaban J connectivity index is 1.06. The number of furan rings is 1. The van der Waals surface area contributed by atoms with Crippen LogP contribution in [0, 0.1) is 0 Å². The number of hydrogen-bond donors (Lipinski definition) is 0. The Kier molecular flexibility index (Phi) is 8.45. The number of fused-ring (bicyclic) bond motifs is 4. The Labute approximate surface area is 341 Å². The van der Waals surface area contributed by atoms with E-state index in [4.69, 9.17) is 19.4 Å². The van der Waals surface area contributed by atoms with Crippen molar-refractivity contribution in [2.24, 2.45) is 0 Å². The number of aromatic nitrogens is 3. The molecule has 0 bridgehead atoms. The van der Waals surface area contributed by atoms with Crippen LogP contribution in [0.4, 0.5) is 0 Å². The van der Waals surface area contributed by atoms with E-state index in [0.29, 0.717) is 17.5 Å². The van der Waals surface area contributed by atoms with Gasteiger partial charge in [0.25, 0.3) is 0 Å². The Morgan fingerprint density at radius 2 is 0.712 bits per heavy atom. The topological polar surface area (TPSA) is 51.8 Å². The average Bonchev–Trinajstić information content (AvgIpc) is 3.70. The molecule has 0 aliphatic heterocycles. The molecule has 4 heteroatoms. The van der Waals surface area contributed by atoms with Crippen LogP contribution >= 0.6 is 0 Å². The molecule has 2 heterocycles. The van der Waals surface area contributed by atoms with Crippen molar-refractivity contribution >= 4 is 32.7 Å². The molecule has 0 fully saturated rings. The van der Waals surface area contributed by atoms with Crippen LogP contribution < -0.4 is 0 Å². The number of benzene rings is 9. The first-order valence-corrected chi connectivity index (χ1v) is 19.8. The average molecular weight is 754 g/mol. The van der Waals surface area contributed by atoms with Crippen molar-refractivity contribution in [3.05, 3.63) is 212 Å². The van der Waals surface area contributed by atoms with Gasteiger partial charge in [0.05, 0.1) is 0 Å². The molecule has 11 rings (SSSR count). The molecule has 59 heavy (non-hydrogen) atoms. The summed E-state index contributed by atoms with van der Waals surface area (Å²) in [4.78, 5) is 15.4. The van der Waals surface area contributed by atoms with E-state index < -0.39 is 0 Å². The van der Waals surface area contributed by atoms with Gasteiger partial charge in [0, 0.05) is 27.5 Å². The number of hydrogen-bond acceptors (Lipinski definition) is 4. The van der Waals surface area contributed by atoms with Gasteiger partial charge in [-0.2, -0.15) is 0 Å². The molecule has 0 atom stereocenters. The molecule has 0 spiro atoms. The van der Waals surface area contributed by atoms with E-state index in [0.717, 1.165) is 60.9 Å². The first-order valence-electron chi connectivity index (χ1n) is 19.8. The van der Waals surface area contributed by atoms with Crippen LogP contribution in [0.15, 0.2) is 217 Å². The third kappa shape index (κ3) is 6.34. The monoisotopic (exact) mass is 753 g/mol. The van der Waals surface area contributed by atoms with Gasteiger partial charge in [-0.05, 0) is 85.6 Å². The van der Waals surface area contributed by atoms with Crippen LogP contribution in [0.25, 0.3) is 111 Å². The lowest BCUT2D eigenvalue weighted by Crippen LogP contribution is -2.00. The molecule has 0 aliphatic rings. The summed E-state index contributed by atoms with van der Waals surface area (Å²) in [6.45, 7) is 0. The van der Waals surface area contributed by atoms with Gasteiger partial charge in [0.15, 0.2) is 17.5 Å². The van der Waals surface area contributed by atoms with Crippen LogP contribution in [0.3, 0.4) is 0 Å². The van der Waals surface area contributed by atoms with E-state index >= 15 is 0 Å². The van der Waals surface area contributed by atoms with E-state index in [9.17, 15) is 0 Å². The first kappa shape index (κ1) is 34.3. The highest BCUT2D eigenvalue weighted by Gasteiger charge is 2.19. The minimum absolute atomic E-state index is 0.588. The lowest BCUT2D eigenvalue weighted by Gasteiger charge is -2.13. The van der Waals surface area contributed by atoms with Crippen molar-refractivity contribution in [3.8, 4) is 78.7 Å². The van der Waals surface area contributed by atoms with Gasteiger partial charge in [-0.3, -0.25) is 0 Å². The smallest absolute Gasteiger partial charge is 0.164 e. The molecule has 11 aromatic rings. The van der Waals surface area contributed by atoms with E-state index in [2.05, 4.69) is 164 Å². The molecule has 0 N–H and O–H groups in total. The summed E-state index contributed by atoms with van der Waals surface area (Å²) in [6, 6.07) is 74.1. The minimum atomic E-state index is 0.588. The molecule has 276 valence electrons. The SMILES string of the molecule is c1ccc(-c2cccc(-c3nc(-c4ccccc4)nc(-c4cccc5oc6ccc(-c7cccc8c(-c9cccc(-c%10ccccc%10)c9)cccc78)cc6c45)n3)c2)cc1. The van der Waals surface area contributed by atoms with Gasteiger partial charge in [-0.15, -0.1) is 0 Å². The van der Waals surface area contributed by atoms with Crippen molar-refractivity contribution < 1.29 is 4.42 Å². The maximum absolute atomic E-state index is 6.54. The highest BCUT2D eigenvalue weighted by molar-refractivity contribution is 6.14. The van der Waals surface area contributed by atoms with Crippen LogP contribution in [0.2, 0.25) is 0 Å². The zero-order valence-electron chi connectivity index (χ0n) is 32.0. The number of rotatable bonds is 7.